The van der Waals surface area contributed by atoms with Crippen LogP contribution in [0.15, 0.2) is 64.0 Å². The summed E-state index contributed by atoms with van der Waals surface area (Å²) < 4.78 is 32.7. The average molecular weight is 423 g/mol. The van der Waals surface area contributed by atoms with Gasteiger partial charge in [-0.05, 0) is 36.1 Å². The zero-order chi connectivity index (χ0) is 20.7. The van der Waals surface area contributed by atoms with Crippen LogP contribution in [0.5, 0.6) is 0 Å². The standard InChI is InChI=1S/C22H21N3O4S/c26-22(23-19-11-10-15-6-4-5-9-17(15)19)21-18-14-25(13-12-20(18)29-24-21)30(27,28)16-7-2-1-3-8-16/h1-9,19H,10-14H2,(H,23,26). The van der Waals surface area contributed by atoms with Crippen molar-refractivity contribution in [3.05, 3.63) is 82.7 Å². The first-order chi connectivity index (χ1) is 14.5. The number of fused-ring (bicyclic) bond motifs is 2. The summed E-state index contributed by atoms with van der Waals surface area (Å²) in [5.41, 5.74) is 3.08. The molecule has 8 heteroatoms. The minimum absolute atomic E-state index is 0.0695. The van der Waals surface area contributed by atoms with Crippen molar-refractivity contribution in [1.82, 2.24) is 14.8 Å². The minimum atomic E-state index is -3.66. The van der Waals surface area contributed by atoms with Crippen molar-refractivity contribution in [2.45, 2.75) is 36.7 Å². The van der Waals surface area contributed by atoms with Gasteiger partial charge in [0, 0.05) is 25.1 Å². The second kappa shape index (κ2) is 7.37. The molecule has 1 aliphatic heterocycles. The Morgan fingerprint density at radius 2 is 1.83 bits per heavy atom. The normalized spacial score (nSPS) is 18.6. The molecule has 154 valence electrons. The number of rotatable bonds is 4. The van der Waals surface area contributed by atoms with Gasteiger partial charge in [-0.25, -0.2) is 8.42 Å². The SMILES string of the molecule is O=C(NC1CCc2ccccc21)c1noc2c1CN(S(=O)(=O)c1ccccc1)CC2. The average Bonchev–Trinajstić information content (AvgIpc) is 3.38. The van der Waals surface area contributed by atoms with Crippen LogP contribution in [0.2, 0.25) is 0 Å². The molecule has 0 spiro atoms. The monoisotopic (exact) mass is 423 g/mol. The van der Waals surface area contributed by atoms with Gasteiger partial charge in [0.1, 0.15) is 5.76 Å². The molecule has 30 heavy (non-hydrogen) atoms. The van der Waals surface area contributed by atoms with Crippen LogP contribution in [0.25, 0.3) is 0 Å². The van der Waals surface area contributed by atoms with Crippen LogP contribution >= 0.6 is 0 Å². The fraction of sp³-hybridized carbons (Fsp3) is 0.273. The van der Waals surface area contributed by atoms with Gasteiger partial charge in [0.15, 0.2) is 5.69 Å². The van der Waals surface area contributed by atoms with Crippen LogP contribution < -0.4 is 5.32 Å². The highest BCUT2D eigenvalue weighted by atomic mass is 32.2. The third kappa shape index (κ3) is 3.22. The summed E-state index contributed by atoms with van der Waals surface area (Å²) in [6, 6.07) is 16.3. The molecule has 0 saturated carbocycles. The number of sulfonamides is 1. The van der Waals surface area contributed by atoms with Crippen LogP contribution in [0, 0.1) is 0 Å². The summed E-state index contributed by atoms with van der Waals surface area (Å²) in [6.45, 7) is 0.358. The summed E-state index contributed by atoms with van der Waals surface area (Å²) in [5.74, 6) is 0.243. The Morgan fingerprint density at radius 1 is 1.07 bits per heavy atom. The fourth-order valence-electron chi connectivity index (χ4n) is 4.24. The van der Waals surface area contributed by atoms with E-state index in [1.54, 1.807) is 30.3 Å². The predicted molar refractivity (Wildman–Crippen MR) is 109 cm³/mol. The second-order valence-electron chi connectivity index (χ2n) is 7.60. The van der Waals surface area contributed by atoms with Crippen molar-refractivity contribution < 1.29 is 17.7 Å². The fourth-order valence-corrected chi connectivity index (χ4v) is 5.67. The number of benzene rings is 2. The first-order valence-corrected chi connectivity index (χ1v) is 11.4. The van der Waals surface area contributed by atoms with E-state index >= 15 is 0 Å². The molecule has 1 aliphatic carbocycles. The van der Waals surface area contributed by atoms with Crippen LogP contribution in [-0.4, -0.2) is 30.3 Å². The molecule has 1 N–H and O–H groups in total. The highest BCUT2D eigenvalue weighted by Crippen LogP contribution is 2.32. The molecule has 0 fully saturated rings. The van der Waals surface area contributed by atoms with Gasteiger partial charge in [0.25, 0.3) is 5.91 Å². The van der Waals surface area contributed by atoms with Crippen molar-refractivity contribution >= 4 is 15.9 Å². The maximum atomic E-state index is 13.0. The number of aromatic nitrogens is 1. The quantitative estimate of drug-likeness (QED) is 0.697. The third-order valence-corrected chi connectivity index (χ3v) is 7.69. The molecule has 2 aliphatic rings. The van der Waals surface area contributed by atoms with E-state index in [0.29, 0.717) is 17.7 Å². The number of aryl methyl sites for hydroxylation is 1. The Labute approximate surface area is 174 Å². The summed E-state index contributed by atoms with van der Waals surface area (Å²) in [6.07, 6.45) is 2.13. The number of carbonyl (C=O) groups is 1. The topological polar surface area (TPSA) is 92.5 Å². The van der Waals surface area contributed by atoms with Gasteiger partial charge >= 0.3 is 0 Å². The number of nitrogens with one attached hydrogen (secondary N) is 1. The van der Waals surface area contributed by atoms with E-state index in [4.69, 9.17) is 4.52 Å². The molecule has 1 amide bonds. The molecule has 7 nitrogen and oxygen atoms in total. The van der Waals surface area contributed by atoms with Crippen LogP contribution in [0.1, 0.15) is 45.4 Å². The molecule has 0 bridgehead atoms. The largest absolute Gasteiger partial charge is 0.360 e. The Morgan fingerprint density at radius 3 is 2.67 bits per heavy atom. The lowest BCUT2D eigenvalue weighted by molar-refractivity contribution is 0.0926. The lowest BCUT2D eigenvalue weighted by atomic mass is 10.1. The highest BCUT2D eigenvalue weighted by Gasteiger charge is 2.34. The summed E-state index contributed by atoms with van der Waals surface area (Å²) in [5, 5.41) is 7.02. The Bertz CT molecular complexity index is 1200. The van der Waals surface area contributed by atoms with Crippen molar-refractivity contribution in [2.24, 2.45) is 0 Å². The molecule has 1 unspecified atom stereocenters. The molecule has 5 rings (SSSR count). The molecule has 2 aromatic carbocycles. The van der Waals surface area contributed by atoms with Crippen LogP contribution in [0.3, 0.4) is 0 Å². The summed E-state index contributed by atoms with van der Waals surface area (Å²) >= 11 is 0. The zero-order valence-electron chi connectivity index (χ0n) is 16.2. The minimum Gasteiger partial charge on any atom is -0.360 e. The number of hydrogen-bond donors (Lipinski definition) is 1. The third-order valence-electron chi connectivity index (χ3n) is 5.83. The smallest absolute Gasteiger partial charge is 0.274 e. The maximum absolute atomic E-state index is 13.0. The molecule has 1 aromatic heterocycles. The summed E-state index contributed by atoms with van der Waals surface area (Å²) in [7, 11) is -3.66. The molecule has 1 atom stereocenters. The number of hydrogen-bond acceptors (Lipinski definition) is 5. The van der Waals surface area contributed by atoms with Gasteiger partial charge in [-0.3, -0.25) is 4.79 Å². The number of amides is 1. The Balaban J connectivity index is 1.38. The van der Waals surface area contributed by atoms with Gasteiger partial charge in [-0.1, -0.05) is 47.6 Å². The predicted octanol–water partition coefficient (Wildman–Crippen LogP) is 2.84. The van der Waals surface area contributed by atoms with E-state index in [1.807, 2.05) is 18.2 Å². The molecule has 2 heterocycles. The Hall–Kier alpha value is -2.97. The molecular weight excluding hydrogens is 402 g/mol. The molecule has 3 aromatic rings. The zero-order valence-corrected chi connectivity index (χ0v) is 17.1. The first kappa shape index (κ1) is 19.0. The van der Waals surface area contributed by atoms with E-state index in [-0.39, 0.29) is 35.6 Å². The molecular formula is C22H21N3O4S. The number of nitrogens with zero attached hydrogens (tertiary/aromatic N) is 2. The van der Waals surface area contributed by atoms with Gasteiger partial charge in [-0.2, -0.15) is 4.31 Å². The second-order valence-corrected chi connectivity index (χ2v) is 9.54. The number of carbonyl (C=O) groups excluding carboxylic acids is 1. The van der Waals surface area contributed by atoms with Gasteiger partial charge in [0.2, 0.25) is 10.0 Å². The van der Waals surface area contributed by atoms with E-state index < -0.39 is 10.0 Å². The summed E-state index contributed by atoms with van der Waals surface area (Å²) in [4.78, 5) is 13.2. The van der Waals surface area contributed by atoms with Crippen LogP contribution in [0.4, 0.5) is 0 Å². The van der Waals surface area contributed by atoms with E-state index in [0.717, 1.165) is 18.4 Å². The molecule has 0 radical (unpaired) electrons. The van der Waals surface area contributed by atoms with Crippen LogP contribution in [-0.2, 0) is 29.4 Å². The highest BCUT2D eigenvalue weighted by molar-refractivity contribution is 7.89. The lowest BCUT2D eigenvalue weighted by Crippen LogP contribution is -2.37. The van der Waals surface area contributed by atoms with Gasteiger partial charge < -0.3 is 9.84 Å². The van der Waals surface area contributed by atoms with E-state index in [9.17, 15) is 13.2 Å². The Kier molecular flexibility index (Phi) is 4.67. The molecule has 0 saturated heterocycles. The first-order valence-electron chi connectivity index (χ1n) is 9.95. The van der Waals surface area contributed by atoms with Gasteiger partial charge in [-0.15, -0.1) is 0 Å². The van der Waals surface area contributed by atoms with E-state index in [1.165, 1.54) is 9.87 Å². The van der Waals surface area contributed by atoms with E-state index in [2.05, 4.69) is 16.5 Å². The van der Waals surface area contributed by atoms with Crippen molar-refractivity contribution in [3.63, 3.8) is 0 Å². The maximum Gasteiger partial charge on any atom is 0.274 e. The van der Waals surface area contributed by atoms with Gasteiger partial charge in [0.05, 0.1) is 10.9 Å². The van der Waals surface area contributed by atoms with Crippen molar-refractivity contribution in [2.75, 3.05) is 6.54 Å². The lowest BCUT2D eigenvalue weighted by Gasteiger charge is -2.25. The van der Waals surface area contributed by atoms with Crippen molar-refractivity contribution in [3.8, 4) is 0 Å². The van der Waals surface area contributed by atoms with Crippen molar-refractivity contribution in [1.29, 1.82) is 0 Å².